The maximum atomic E-state index is 13.2. The van der Waals surface area contributed by atoms with Crippen LogP contribution < -0.4 is 5.32 Å². The Hall–Kier alpha value is -3.35. The zero-order chi connectivity index (χ0) is 23.9. The minimum absolute atomic E-state index is 0.0130. The molecule has 2 amide bonds. The van der Waals surface area contributed by atoms with Crippen LogP contribution in [-0.4, -0.2) is 53.7 Å². The minimum Gasteiger partial charge on any atom is -0.481 e. The number of aliphatic carboxylic acids is 1. The Labute approximate surface area is 199 Å². The molecule has 1 saturated heterocycles. The number of amides is 2. The maximum Gasteiger partial charge on any atom is 0.407 e. The smallest absolute Gasteiger partial charge is 0.407 e. The number of benzene rings is 2. The van der Waals surface area contributed by atoms with Crippen molar-refractivity contribution in [2.75, 3.05) is 19.7 Å². The van der Waals surface area contributed by atoms with Crippen LogP contribution in [0.2, 0.25) is 0 Å². The molecule has 0 bridgehead atoms. The molecule has 178 valence electrons. The Kier molecular flexibility index (Phi) is 5.80. The molecule has 2 aromatic carbocycles. The van der Waals surface area contributed by atoms with Gasteiger partial charge in [0.1, 0.15) is 12.6 Å². The van der Waals surface area contributed by atoms with Crippen molar-refractivity contribution >= 4 is 18.0 Å². The molecule has 3 atom stereocenters. The minimum atomic E-state index is -0.836. The van der Waals surface area contributed by atoms with E-state index in [1.807, 2.05) is 31.2 Å². The van der Waals surface area contributed by atoms with Gasteiger partial charge in [0.2, 0.25) is 5.91 Å². The van der Waals surface area contributed by atoms with Crippen LogP contribution in [0.3, 0.4) is 0 Å². The van der Waals surface area contributed by atoms with E-state index in [0.717, 1.165) is 35.1 Å². The number of fused-ring (bicyclic) bond motifs is 4. The lowest BCUT2D eigenvalue weighted by molar-refractivity contribution is -0.149. The second-order valence-corrected chi connectivity index (χ2v) is 9.70. The summed E-state index contributed by atoms with van der Waals surface area (Å²) in [7, 11) is 0. The second kappa shape index (κ2) is 8.78. The molecule has 2 aliphatic carbocycles. The van der Waals surface area contributed by atoms with Crippen LogP contribution in [0.5, 0.6) is 0 Å². The molecule has 0 unspecified atom stereocenters. The van der Waals surface area contributed by atoms with E-state index in [0.29, 0.717) is 19.4 Å². The molecule has 7 nitrogen and oxygen atoms in total. The largest absolute Gasteiger partial charge is 0.481 e. The van der Waals surface area contributed by atoms with Crippen molar-refractivity contribution in [3.8, 4) is 11.1 Å². The fourth-order valence-electron chi connectivity index (χ4n) is 6.15. The Balaban J connectivity index is 1.22. The van der Waals surface area contributed by atoms with Gasteiger partial charge in [-0.15, -0.1) is 0 Å². The molecule has 0 spiro atoms. The first kappa shape index (κ1) is 22.4. The summed E-state index contributed by atoms with van der Waals surface area (Å²) >= 11 is 0. The number of carbonyl (C=O) groups is 3. The lowest BCUT2D eigenvalue weighted by Crippen LogP contribution is -2.48. The highest BCUT2D eigenvalue weighted by Crippen LogP contribution is 2.49. The highest BCUT2D eigenvalue weighted by molar-refractivity contribution is 5.87. The first-order valence-electron chi connectivity index (χ1n) is 12.1. The van der Waals surface area contributed by atoms with Crippen molar-refractivity contribution in [3.05, 3.63) is 59.7 Å². The number of alkyl carbamates (subject to hydrolysis) is 1. The molecule has 5 rings (SSSR count). The molecule has 3 aliphatic rings. The summed E-state index contributed by atoms with van der Waals surface area (Å²) < 4.78 is 5.60. The molecular weight excluding hydrogens is 432 g/mol. The summed E-state index contributed by atoms with van der Waals surface area (Å²) in [4.78, 5) is 39.4. The highest BCUT2D eigenvalue weighted by atomic mass is 16.5. The van der Waals surface area contributed by atoms with Crippen molar-refractivity contribution in [2.24, 2.45) is 11.3 Å². The fourth-order valence-corrected chi connectivity index (χ4v) is 6.15. The normalized spacial score (nSPS) is 23.7. The van der Waals surface area contributed by atoms with Crippen molar-refractivity contribution < 1.29 is 24.2 Å². The monoisotopic (exact) mass is 462 g/mol. The van der Waals surface area contributed by atoms with Crippen LogP contribution in [0.25, 0.3) is 11.1 Å². The Morgan fingerprint density at radius 1 is 1.12 bits per heavy atom. The number of rotatable bonds is 6. The van der Waals surface area contributed by atoms with Gasteiger partial charge in [-0.2, -0.15) is 0 Å². The van der Waals surface area contributed by atoms with Gasteiger partial charge in [-0.1, -0.05) is 61.9 Å². The number of likely N-dealkylation sites (tertiary alicyclic amines) is 1. The van der Waals surface area contributed by atoms with Gasteiger partial charge >= 0.3 is 12.1 Å². The molecule has 34 heavy (non-hydrogen) atoms. The SMILES string of the molecule is CC[C@H](NC(=O)OCC1c2ccccc2-c2ccccc21)C(=O)N1C[C@@H]2CCC[C@]2(C(=O)O)C1. The number of ether oxygens (including phenoxy) is 1. The van der Waals surface area contributed by atoms with Gasteiger partial charge in [0.25, 0.3) is 0 Å². The van der Waals surface area contributed by atoms with Gasteiger partial charge < -0.3 is 20.1 Å². The number of nitrogens with one attached hydrogen (secondary N) is 1. The van der Waals surface area contributed by atoms with Crippen molar-refractivity contribution in [1.29, 1.82) is 0 Å². The van der Waals surface area contributed by atoms with E-state index in [1.54, 1.807) is 4.90 Å². The van der Waals surface area contributed by atoms with Crippen molar-refractivity contribution in [1.82, 2.24) is 10.2 Å². The Bertz CT molecular complexity index is 1090. The number of nitrogens with zero attached hydrogens (tertiary/aromatic N) is 1. The second-order valence-electron chi connectivity index (χ2n) is 9.70. The van der Waals surface area contributed by atoms with E-state index >= 15 is 0 Å². The van der Waals surface area contributed by atoms with Crippen LogP contribution in [-0.2, 0) is 14.3 Å². The number of carboxylic acid groups (broad SMARTS) is 1. The number of hydrogen-bond donors (Lipinski definition) is 2. The highest BCUT2D eigenvalue weighted by Gasteiger charge is 2.56. The van der Waals surface area contributed by atoms with E-state index in [-0.39, 0.29) is 30.9 Å². The van der Waals surface area contributed by atoms with Crippen LogP contribution >= 0.6 is 0 Å². The maximum absolute atomic E-state index is 13.2. The molecule has 7 heteroatoms. The van der Waals surface area contributed by atoms with Crippen molar-refractivity contribution in [3.63, 3.8) is 0 Å². The van der Waals surface area contributed by atoms with Crippen LogP contribution in [0.15, 0.2) is 48.5 Å². The lowest BCUT2D eigenvalue weighted by Gasteiger charge is -2.26. The molecule has 2 aromatic rings. The zero-order valence-electron chi connectivity index (χ0n) is 19.3. The zero-order valence-corrected chi connectivity index (χ0v) is 19.3. The van der Waals surface area contributed by atoms with Gasteiger partial charge in [-0.05, 0) is 47.4 Å². The van der Waals surface area contributed by atoms with E-state index < -0.39 is 23.5 Å². The number of carboxylic acids is 1. The molecule has 2 fully saturated rings. The fraction of sp³-hybridized carbons (Fsp3) is 0.444. The molecule has 0 radical (unpaired) electrons. The summed E-state index contributed by atoms with van der Waals surface area (Å²) in [6.07, 6.45) is 2.09. The number of hydrogen-bond acceptors (Lipinski definition) is 4. The summed E-state index contributed by atoms with van der Waals surface area (Å²) in [5.74, 6) is -1.11. The molecule has 2 N–H and O–H groups in total. The average molecular weight is 463 g/mol. The van der Waals surface area contributed by atoms with Crippen LogP contribution in [0.1, 0.15) is 49.7 Å². The van der Waals surface area contributed by atoms with Gasteiger partial charge in [0.05, 0.1) is 5.41 Å². The third-order valence-electron chi connectivity index (χ3n) is 7.95. The molecule has 1 aliphatic heterocycles. The van der Waals surface area contributed by atoms with Gasteiger partial charge in [0, 0.05) is 19.0 Å². The molecule has 0 aromatic heterocycles. The predicted octanol–water partition coefficient (Wildman–Crippen LogP) is 4.02. The molecular formula is C27H30N2O5. The first-order chi connectivity index (χ1) is 16.4. The van der Waals surface area contributed by atoms with Gasteiger partial charge in [-0.25, -0.2) is 4.79 Å². The summed E-state index contributed by atoms with van der Waals surface area (Å²) in [5.41, 5.74) is 3.73. The third-order valence-corrected chi connectivity index (χ3v) is 7.95. The number of carbonyl (C=O) groups excluding carboxylic acids is 2. The van der Waals surface area contributed by atoms with E-state index in [9.17, 15) is 19.5 Å². The molecule has 1 saturated carbocycles. The topological polar surface area (TPSA) is 95.9 Å². The average Bonchev–Trinajstić information content (AvgIpc) is 3.51. The van der Waals surface area contributed by atoms with Gasteiger partial charge in [0.15, 0.2) is 0 Å². The summed E-state index contributed by atoms with van der Waals surface area (Å²) in [6.45, 7) is 2.66. The molecule has 1 heterocycles. The van der Waals surface area contributed by atoms with Gasteiger partial charge in [-0.3, -0.25) is 9.59 Å². The lowest BCUT2D eigenvalue weighted by atomic mass is 9.81. The van der Waals surface area contributed by atoms with E-state index in [4.69, 9.17) is 4.74 Å². The van der Waals surface area contributed by atoms with Crippen molar-refractivity contribution in [2.45, 2.75) is 44.6 Å². The van der Waals surface area contributed by atoms with E-state index in [2.05, 4.69) is 29.6 Å². The Morgan fingerprint density at radius 3 is 2.35 bits per heavy atom. The third kappa shape index (κ3) is 3.63. The quantitative estimate of drug-likeness (QED) is 0.676. The summed E-state index contributed by atoms with van der Waals surface area (Å²) in [5, 5.41) is 12.5. The predicted molar refractivity (Wildman–Crippen MR) is 126 cm³/mol. The standard InChI is InChI=1S/C27H30N2O5/c1-2-23(24(30)29-14-17-8-7-13-27(17,16-29)25(31)32)28-26(33)34-15-22-20-11-5-3-9-18(20)19-10-4-6-12-21(19)22/h3-6,9-12,17,22-23H,2,7-8,13-16H2,1H3,(H,28,33)(H,31,32)/t17-,23-,27-/m0/s1. The van der Waals surface area contributed by atoms with E-state index in [1.165, 1.54) is 0 Å². The Morgan fingerprint density at radius 2 is 1.76 bits per heavy atom. The van der Waals surface area contributed by atoms with Crippen LogP contribution in [0.4, 0.5) is 4.79 Å². The summed E-state index contributed by atoms with van der Waals surface area (Å²) in [6, 6.07) is 15.5. The first-order valence-corrected chi connectivity index (χ1v) is 12.1. The van der Waals surface area contributed by atoms with Crippen LogP contribution in [0, 0.1) is 11.3 Å².